The molecule has 0 N–H and O–H groups in total. The van der Waals surface area contributed by atoms with Gasteiger partial charge < -0.3 is 27.7 Å². The van der Waals surface area contributed by atoms with E-state index in [2.05, 4.69) is 24.1 Å². The zero-order valence-electron chi connectivity index (χ0n) is 2.53. The van der Waals surface area contributed by atoms with Gasteiger partial charge in [-0.2, -0.15) is 11.8 Å². The van der Waals surface area contributed by atoms with Crippen LogP contribution < -0.4 is 9.79 Å². The molecule has 0 aliphatic rings. The number of hydrogen-bond donors (Lipinski definition) is 0. The second kappa shape index (κ2) is 3.36. The second-order valence-corrected chi connectivity index (χ2v) is 4.92. The van der Waals surface area contributed by atoms with E-state index < -0.39 is 5.69 Å². The predicted molar refractivity (Wildman–Crippen MR) is 28.6 cm³/mol. The van der Waals surface area contributed by atoms with Crippen LogP contribution in [-0.2, 0) is 24.1 Å². The van der Waals surface area contributed by atoms with Gasteiger partial charge in [0.15, 0.2) is 0 Å². The van der Waals surface area contributed by atoms with Crippen LogP contribution in [0.25, 0.3) is 0 Å². The van der Waals surface area contributed by atoms with E-state index in [4.69, 9.17) is 0 Å². The van der Waals surface area contributed by atoms with Gasteiger partial charge in [0.05, 0.1) is 0 Å². The summed E-state index contributed by atoms with van der Waals surface area (Å²) in [5.74, 6) is 0. The van der Waals surface area contributed by atoms with Crippen molar-refractivity contribution in [2.75, 3.05) is 0 Å². The van der Waals surface area contributed by atoms with Gasteiger partial charge in [0.1, 0.15) is 0 Å². The van der Waals surface area contributed by atoms with Gasteiger partial charge in [-0.1, -0.05) is 0 Å². The van der Waals surface area contributed by atoms with E-state index in [0.29, 0.717) is 0 Å². The second-order valence-electron chi connectivity index (χ2n) is 0.447. The van der Waals surface area contributed by atoms with E-state index in [1.165, 1.54) is 0 Å². The number of rotatable bonds is 0. The van der Waals surface area contributed by atoms with Crippen LogP contribution in [0.5, 0.6) is 0 Å². The van der Waals surface area contributed by atoms with Crippen LogP contribution in [0.1, 0.15) is 0 Å². The Hall–Kier alpha value is 1.35. The Morgan fingerprint density at radius 3 is 1.50 bits per heavy atom. The van der Waals surface area contributed by atoms with Crippen molar-refractivity contribution in [2.45, 2.75) is 0 Å². The largest absolute Gasteiger partial charge is 3.00 e. The normalized spacial score (nSPS) is 9.83. The van der Waals surface area contributed by atoms with Gasteiger partial charge in [-0.25, -0.2) is 0 Å². The Morgan fingerprint density at radius 1 is 1.50 bits per heavy atom. The van der Waals surface area contributed by atoms with Crippen LogP contribution in [0.3, 0.4) is 0 Å². The van der Waals surface area contributed by atoms with Crippen molar-refractivity contribution in [3.05, 3.63) is 0 Å². The fourth-order valence-electron chi connectivity index (χ4n) is 0. The molecule has 2 radical (unpaired) electrons. The van der Waals surface area contributed by atoms with Crippen molar-refractivity contribution >= 4 is 39.6 Å². The molecule has 0 saturated carbocycles. The smallest absolute Gasteiger partial charge is 0.850 e. The molecule has 0 rings (SSSR count). The molecule has 0 aromatic heterocycles. The molecule has 0 amide bonds. The Balaban J connectivity index is 0. The Kier molecular flexibility index (Phi) is 5.81. The predicted octanol–water partition coefficient (Wildman–Crippen LogP) is -0.660. The summed E-state index contributed by atoms with van der Waals surface area (Å²) in [6, 6.07) is 0. The standard InChI is InChI=1S/H3O2PS2.P/c1-3(2,4)5;/h(H3,1,2,4,5);/q;+3/p-3. The zero-order chi connectivity index (χ0) is 4.50. The third-order valence-corrected chi connectivity index (χ3v) is 0. The monoisotopic (exact) mass is 158 g/mol. The van der Waals surface area contributed by atoms with Crippen LogP contribution >= 0.6 is 15.6 Å². The Morgan fingerprint density at radius 2 is 1.50 bits per heavy atom. The molecule has 0 atom stereocenters. The van der Waals surface area contributed by atoms with E-state index in [0.717, 1.165) is 0 Å². The van der Waals surface area contributed by atoms with Crippen LogP contribution in [-0.4, -0.2) is 0 Å². The van der Waals surface area contributed by atoms with E-state index in [1.807, 2.05) is 0 Å². The van der Waals surface area contributed by atoms with Gasteiger partial charge in [-0.3, -0.25) is 0 Å². The molecule has 0 unspecified atom stereocenters. The van der Waals surface area contributed by atoms with Gasteiger partial charge in [-0.05, 0) is 0 Å². The maximum absolute atomic E-state index is 9.29. The molecule has 0 aliphatic heterocycles. The molecular formula is O2P2S2. The zero-order valence-corrected chi connectivity index (χ0v) is 5.95. The summed E-state index contributed by atoms with van der Waals surface area (Å²) >= 11 is 7.28. The van der Waals surface area contributed by atoms with Crippen molar-refractivity contribution in [3.63, 3.8) is 0 Å². The molecule has 0 saturated heterocycles. The molecule has 0 aromatic rings. The fourth-order valence-corrected chi connectivity index (χ4v) is 0. The van der Waals surface area contributed by atoms with Crippen LogP contribution in [0.2, 0.25) is 0 Å². The quantitative estimate of drug-likeness (QED) is 0.347. The minimum Gasteiger partial charge on any atom is -0.850 e. The van der Waals surface area contributed by atoms with E-state index in [1.54, 1.807) is 0 Å². The summed E-state index contributed by atoms with van der Waals surface area (Å²) in [4.78, 5) is 18.6. The van der Waals surface area contributed by atoms with Crippen LogP contribution in [0, 0.1) is 0 Å². The van der Waals surface area contributed by atoms with Crippen molar-refractivity contribution < 1.29 is 9.79 Å². The van der Waals surface area contributed by atoms with Gasteiger partial charge in [-0.15, -0.1) is 0 Å². The van der Waals surface area contributed by atoms with Gasteiger partial charge in [0, 0.05) is 0 Å². The molecular weight excluding hydrogens is 158 g/mol. The molecule has 6 heavy (non-hydrogen) atoms. The molecule has 0 bridgehead atoms. The molecule has 2 nitrogen and oxygen atoms in total. The molecule has 0 fully saturated rings. The average molecular weight is 158 g/mol. The summed E-state index contributed by atoms with van der Waals surface area (Å²) in [5, 5.41) is 0. The molecule has 6 heteroatoms. The van der Waals surface area contributed by atoms with E-state index >= 15 is 0 Å². The van der Waals surface area contributed by atoms with Crippen molar-refractivity contribution in [1.29, 1.82) is 0 Å². The third-order valence-electron chi connectivity index (χ3n) is 0. The summed E-state index contributed by atoms with van der Waals surface area (Å²) in [6.45, 7) is 0. The molecule has 0 aromatic carbocycles. The van der Waals surface area contributed by atoms with Crippen LogP contribution in [0.15, 0.2) is 0 Å². The van der Waals surface area contributed by atoms with Crippen molar-refractivity contribution in [3.8, 4) is 0 Å². The SMILES string of the molecule is [O-]P([O-])(=S)[S-].[P+3]. The van der Waals surface area contributed by atoms with Crippen LogP contribution in [0.4, 0.5) is 0 Å². The van der Waals surface area contributed by atoms with Gasteiger partial charge >= 0.3 is 9.90 Å². The van der Waals surface area contributed by atoms with Crippen molar-refractivity contribution in [2.24, 2.45) is 0 Å². The first-order valence-corrected chi connectivity index (χ1v) is 4.38. The fraction of sp³-hybridized carbons (Fsp3) is 0. The van der Waals surface area contributed by atoms with Gasteiger partial charge in [0.25, 0.3) is 0 Å². The minimum absolute atomic E-state index is 0. The summed E-state index contributed by atoms with van der Waals surface area (Å²) in [5.41, 5.74) is -3.72. The average Bonchev–Trinajstić information content (AvgIpc) is 0.722. The first kappa shape index (κ1) is 10.4. The Labute approximate surface area is 49.9 Å². The topological polar surface area (TPSA) is 46.1 Å². The maximum atomic E-state index is 9.29. The maximum Gasteiger partial charge on any atom is 3.00 e. The first-order chi connectivity index (χ1) is 2.00. The van der Waals surface area contributed by atoms with Gasteiger partial charge in [0.2, 0.25) is 0 Å². The Bertz CT molecular complexity index is 55.7. The summed E-state index contributed by atoms with van der Waals surface area (Å²) < 4.78 is 0. The van der Waals surface area contributed by atoms with E-state index in [-0.39, 0.29) is 9.90 Å². The first-order valence-electron chi connectivity index (χ1n) is 0.730. The minimum atomic E-state index is -3.72. The molecule has 34 valence electrons. The third kappa shape index (κ3) is 55.5. The summed E-state index contributed by atoms with van der Waals surface area (Å²) in [6.07, 6.45) is 0. The van der Waals surface area contributed by atoms with Crippen molar-refractivity contribution in [1.82, 2.24) is 0 Å². The number of hydrogen-bond acceptors (Lipinski definition) is 4. The van der Waals surface area contributed by atoms with E-state index in [9.17, 15) is 9.79 Å². The molecule has 0 spiro atoms. The molecule has 0 heterocycles. The molecule has 0 aliphatic carbocycles. The summed E-state index contributed by atoms with van der Waals surface area (Å²) in [7, 11) is 0.